The van der Waals surface area contributed by atoms with Crippen molar-refractivity contribution in [2.75, 3.05) is 0 Å². The van der Waals surface area contributed by atoms with Crippen LogP contribution in [0.4, 0.5) is 0 Å². The van der Waals surface area contributed by atoms with Crippen LogP contribution in [0, 0.1) is 0 Å². The van der Waals surface area contributed by atoms with E-state index in [0.717, 1.165) is 0 Å². The van der Waals surface area contributed by atoms with Gasteiger partial charge in [0.15, 0.2) is 0 Å². The molecule has 0 aromatic rings. The maximum atomic E-state index is 2.30. The van der Waals surface area contributed by atoms with E-state index in [-0.39, 0.29) is 0 Å². The molecule has 0 nitrogen and oxygen atoms in total. The summed E-state index contributed by atoms with van der Waals surface area (Å²) in [4.78, 5) is 0. The molecule has 19 heavy (non-hydrogen) atoms. The van der Waals surface area contributed by atoms with Crippen LogP contribution in [0.5, 0.6) is 0 Å². The third-order valence-corrected chi connectivity index (χ3v) is 5.24. The second-order valence-corrected chi connectivity index (χ2v) is 7.77. The zero-order valence-electron chi connectivity index (χ0n) is 13.5. The predicted molar refractivity (Wildman–Crippen MR) is 90.1 cm³/mol. The third-order valence-electron chi connectivity index (χ3n) is 4.01. The van der Waals surface area contributed by atoms with Gasteiger partial charge >= 0.3 is 99.5 Å². The molecule has 0 unspecified atom stereocenters. The fourth-order valence-corrected chi connectivity index (χ4v) is 3.53. The summed E-state index contributed by atoms with van der Waals surface area (Å²) < 4.78 is 1.48. The first-order valence-electron chi connectivity index (χ1n) is 9.02. The quantitative estimate of drug-likeness (QED) is 0.174. The number of hydrogen-bond acceptors (Lipinski definition) is 0. The van der Waals surface area contributed by atoms with Crippen LogP contribution in [0.2, 0.25) is 4.13 Å². The van der Waals surface area contributed by atoms with Crippen LogP contribution < -0.4 is 0 Å². The van der Waals surface area contributed by atoms with Gasteiger partial charge in [-0.2, -0.15) is 0 Å². The summed E-state index contributed by atoms with van der Waals surface area (Å²) in [6.45, 7) is 2.30. The maximum absolute atomic E-state index is 2.30. The Kier molecular flexibility index (Phi) is 19.8. The SMILES string of the molecule is CCCCCCCCCCCCCCCCC[CH2][Bi+2]. The van der Waals surface area contributed by atoms with E-state index < -0.39 is 0 Å². The number of hydrogen-bond donors (Lipinski definition) is 0. The molecule has 0 aromatic carbocycles. The summed E-state index contributed by atoms with van der Waals surface area (Å²) in [7, 11) is 0. The van der Waals surface area contributed by atoms with E-state index in [2.05, 4.69) is 6.92 Å². The van der Waals surface area contributed by atoms with Crippen LogP contribution in [0.3, 0.4) is 0 Å². The molecule has 0 saturated heterocycles. The molecule has 0 aliphatic rings. The van der Waals surface area contributed by atoms with Crippen molar-refractivity contribution in [1.29, 1.82) is 0 Å². The standard InChI is InChI=1S/C18H37.Bi/c1-3-5-7-9-11-13-15-17-18-16-14-12-10-8-6-4-2;/h1,3-18H2,2H3;/q;+2. The van der Waals surface area contributed by atoms with Gasteiger partial charge in [0, 0.05) is 0 Å². The van der Waals surface area contributed by atoms with Crippen molar-refractivity contribution in [2.24, 2.45) is 0 Å². The first-order valence-corrected chi connectivity index (χ1v) is 11.5. The van der Waals surface area contributed by atoms with Gasteiger partial charge in [-0.25, -0.2) is 0 Å². The Bertz CT molecular complexity index is 129. The Labute approximate surface area is 138 Å². The van der Waals surface area contributed by atoms with E-state index in [1.807, 2.05) is 0 Å². The summed E-state index contributed by atoms with van der Waals surface area (Å²) in [5, 5.41) is 0. The summed E-state index contributed by atoms with van der Waals surface area (Å²) >= 11 is 1.59. The monoisotopic (exact) mass is 462 g/mol. The van der Waals surface area contributed by atoms with Crippen molar-refractivity contribution in [2.45, 2.75) is 114 Å². The molecule has 0 amide bonds. The van der Waals surface area contributed by atoms with Crippen molar-refractivity contribution in [1.82, 2.24) is 0 Å². The fourth-order valence-electron chi connectivity index (χ4n) is 2.66. The minimum atomic E-state index is 1.37. The summed E-state index contributed by atoms with van der Waals surface area (Å²) in [5.41, 5.74) is 0. The summed E-state index contributed by atoms with van der Waals surface area (Å²) in [6.07, 6.45) is 23.7. The first-order chi connectivity index (χ1) is 9.41. The van der Waals surface area contributed by atoms with E-state index in [1.165, 1.54) is 107 Å². The number of unbranched alkanes of at least 4 members (excludes halogenated alkanes) is 15. The van der Waals surface area contributed by atoms with E-state index in [9.17, 15) is 0 Å². The van der Waals surface area contributed by atoms with Crippen molar-refractivity contribution in [3.05, 3.63) is 0 Å². The van der Waals surface area contributed by atoms with Gasteiger partial charge in [-0.1, -0.05) is 39.0 Å². The Morgan fingerprint density at radius 3 is 0.947 bits per heavy atom. The fraction of sp³-hybridized carbons (Fsp3) is 1.00. The molecule has 2 radical (unpaired) electrons. The Morgan fingerprint density at radius 1 is 0.421 bits per heavy atom. The molecule has 0 rings (SSSR count). The Morgan fingerprint density at radius 2 is 0.684 bits per heavy atom. The molecule has 0 heterocycles. The van der Waals surface area contributed by atoms with Gasteiger partial charge in [0.25, 0.3) is 0 Å². The van der Waals surface area contributed by atoms with Crippen molar-refractivity contribution >= 4 is 24.7 Å². The van der Waals surface area contributed by atoms with Crippen molar-refractivity contribution in [3.63, 3.8) is 0 Å². The van der Waals surface area contributed by atoms with Crippen LogP contribution in [0.1, 0.15) is 110 Å². The van der Waals surface area contributed by atoms with Gasteiger partial charge < -0.3 is 0 Å². The molecule has 0 bridgehead atoms. The summed E-state index contributed by atoms with van der Waals surface area (Å²) in [5.74, 6) is 0. The molecule has 0 aromatic heterocycles. The van der Waals surface area contributed by atoms with Gasteiger partial charge in [-0.15, -0.1) is 0 Å². The van der Waals surface area contributed by atoms with Gasteiger partial charge in [0.1, 0.15) is 0 Å². The van der Waals surface area contributed by atoms with E-state index in [1.54, 1.807) is 24.7 Å². The normalized spacial score (nSPS) is 11.0. The second-order valence-electron chi connectivity index (χ2n) is 6.03. The summed E-state index contributed by atoms with van der Waals surface area (Å²) in [6, 6.07) is 0. The van der Waals surface area contributed by atoms with E-state index in [0.29, 0.717) is 0 Å². The molecular weight excluding hydrogens is 425 g/mol. The molecule has 0 atom stereocenters. The molecule has 0 fully saturated rings. The second kappa shape index (κ2) is 18.9. The molecule has 0 aliphatic heterocycles. The van der Waals surface area contributed by atoms with E-state index >= 15 is 0 Å². The van der Waals surface area contributed by atoms with Gasteiger partial charge in [0.05, 0.1) is 0 Å². The van der Waals surface area contributed by atoms with Crippen molar-refractivity contribution < 1.29 is 0 Å². The average molecular weight is 462 g/mol. The zero-order valence-corrected chi connectivity index (χ0v) is 16.9. The zero-order chi connectivity index (χ0) is 14.0. The molecule has 0 saturated carbocycles. The molecule has 0 N–H and O–H groups in total. The molecule has 112 valence electrons. The molecule has 0 spiro atoms. The topological polar surface area (TPSA) is 0 Å². The van der Waals surface area contributed by atoms with E-state index in [4.69, 9.17) is 0 Å². The predicted octanol–water partition coefficient (Wildman–Crippen LogP) is 6.83. The van der Waals surface area contributed by atoms with Crippen LogP contribution >= 0.6 is 0 Å². The first kappa shape index (κ1) is 19.9. The van der Waals surface area contributed by atoms with Gasteiger partial charge in [-0.05, 0) is 0 Å². The Balaban J connectivity index is 2.88. The van der Waals surface area contributed by atoms with Crippen molar-refractivity contribution in [3.8, 4) is 0 Å². The molecule has 0 aliphatic carbocycles. The molecular formula is C18H37Bi+2. The van der Waals surface area contributed by atoms with Crippen LogP contribution in [-0.4, -0.2) is 24.7 Å². The Hall–Kier alpha value is 0.883. The van der Waals surface area contributed by atoms with Gasteiger partial charge in [0.2, 0.25) is 0 Å². The molecule has 1 heteroatoms. The third kappa shape index (κ3) is 18.9. The van der Waals surface area contributed by atoms with Crippen LogP contribution in [0.15, 0.2) is 0 Å². The van der Waals surface area contributed by atoms with Crippen LogP contribution in [-0.2, 0) is 0 Å². The average Bonchev–Trinajstić information content (AvgIpc) is 2.43. The minimum absolute atomic E-state index is 1.37. The van der Waals surface area contributed by atoms with Gasteiger partial charge in [-0.3, -0.25) is 0 Å². The van der Waals surface area contributed by atoms with Crippen LogP contribution in [0.25, 0.3) is 0 Å². The number of rotatable bonds is 16.